The van der Waals surface area contributed by atoms with E-state index in [-0.39, 0.29) is 12.6 Å². The number of nitrogens with zero attached hydrogens (tertiary/aromatic N) is 2. The van der Waals surface area contributed by atoms with Crippen molar-refractivity contribution in [2.75, 3.05) is 7.11 Å². The van der Waals surface area contributed by atoms with Crippen molar-refractivity contribution >= 4 is 0 Å². The maximum atomic E-state index is 11.8. The van der Waals surface area contributed by atoms with E-state index >= 15 is 0 Å². The first-order valence-corrected chi connectivity index (χ1v) is 6.18. The van der Waals surface area contributed by atoms with Crippen LogP contribution in [0.5, 0.6) is 5.75 Å². The van der Waals surface area contributed by atoms with Crippen LogP contribution in [0.4, 0.5) is 0 Å². The predicted molar refractivity (Wildman–Crippen MR) is 75.9 cm³/mol. The summed E-state index contributed by atoms with van der Waals surface area (Å²) in [7, 11) is 3.13. The summed E-state index contributed by atoms with van der Waals surface area (Å²) >= 11 is 0. The summed E-state index contributed by atoms with van der Waals surface area (Å²) in [6.07, 6.45) is 3.11. The number of hydrogen-bond donors (Lipinski definition) is 1. The van der Waals surface area contributed by atoms with E-state index in [9.17, 15) is 9.59 Å². The maximum absolute atomic E-state index is 11.8. The highest BCUT2D eigenvalue weighted by atomic mass is 16.5. The van der Waals surface area contributed by atoms with Crippen LogP contribution in [0.3, 0.4) is 0 Å². The van der Waals surface area contributed by atoms with Gasteiger partial charge in [0.1, 0.15) is 5.75 Å². The quantitative estimate of drug-likeness (QED) is 0.812. The summed E-state index contributed by atoms with van der Waals surface area (Å²) in [5.74, 6) is 0.742. The molecule has 6 nitrogen and oxygen atoms in total. The van der Waals surface area contributed by atoms with E-state index in [0.29, 0.717) is 0 Å². The van der Waals surface area contributed by atoms with Gasteiger partial charge >= 0.3 is 11.1 Å². The Morgan fingerprint density at radius 3 is 2.40 bits per heavy atom. The highest BCUT2D eigenvalue weighted by Gasteiger charge is 2.10. The number of nitrogens with two attached hydrogens (primary N) is 1. The molecule has 0 aliphatic rings. The normalized spacial score (nSPS) is 12.2. The van der Waals surface area contributed by atoms with E-state index < -0.39 is 11.1 Å². The Balaban J connectivity index is 2.23. The minimum absolute atomic E-state index is 0.251. The van der Waals surface area contributed by atoms with E-state index in [0.717, 1.165) is 11.3 Å². The molecule has 2 N–H and O–H groups in total. The van der Waals surface area contributed by atoms with Crippen LogP contribution in [0, 0.1) is 0 Å². The zero-order valence-electron chi connectivity index (χ0n) is 11.4. The third kappa shape index (κ3) is 2.80. The number of hydrogen-bond acceptors (Lipinski definition) is 4. The molecule has 1 unspecified atom stereocenters. The van der Waals surface area contributed by atoms with Crippen molar-refractivity contribution in [3.8, 4) is 5.75 Å². The van der Waals surface area contributed by atoms with Crippen molar-refractivity contribution in [3.63, 3.8) is 0 Å². The average Bonchev–Trinajstić information content (AvgIpc) is 2.48. The Labute approximate surface area is 116 Å². The molecule has 0 aliphatic heterocycles. The van der Waals surface area contributed by atoms with Gasteiger partial charge in [-0.3, -0.25) is 9.59 Å². The first kappa shape index (κ1) is 14.1. The molecule has 1 aromatic carbocycles. The first-order chi connectivity index (χ1) is 9.52. The van der Waals surface area contributed by atoms with Gasteiger partial charge in [-0.1, -0.05) is 12.1 Å². The van der Waals surface area contributed by atoms with E-state index in [1.165, 1.54) is 16.2 Å². The van der Waals surface area contributed by atoms with Crippen molar-refractivity contribution in [2.24, 2.45) is 12.8 Å². The lowest BCUT2D eigenvalue weighted by molar-refractivity contribution is 0.414. The molecule has 1 aromatic heterocycles. The number of ether oxygens (including phenoxy) is 1. The third-order valence-electron chi connectivity index (χ3n) is 3.17. The average molecular weight is 275 g/mol. The van der Waals surface area contributed by atoms with E-state index in [2.05, 4.69) is 0 Å². The molecule has 1 heterocycles. The van der Waals surface area contributed by atoms with Crippen molar-refractivity contribution in [2.45, 2.75) is 12.6 Å². The number of methoxy groups -OCH3 is 1. The van der Waals surface area contributed by atoms with Crippen LogP contribution in [0.25, 0.3) is 0 Å². The van der Waals surface area contributed by atoms with Crippen LogP contribution in [0.1, 0.15) is 11.6 Å². The predicted octanol–water partition coefficient (Wildman–Crippen LogP) is 0.256. The summed E-state index contributed by atoms with van der Waals surface area (Å²) in [6.45, 7) is 0.251. The van der Waals surface area contributed by atoms with Crippen LogP contribution in [0.15, 0.2) is 46.2 Å². The SMILES string of the molecule is COc1ccc(C(N)Cn2ccn(C)c(=O)c2=O)cc1. The minimum Gasteiger partial charge on any atom is -0.497 e. The molecule has 2 rings (SSSR count). The lowest BCUT2D eigenvalue weighted by Gasteiger charge is -2.14. The Hall–Kier alpha value is -2.34. The molecule has 0 amide bonds. The molecular formula is C14H17N3O3. The van der Waals surface area contributed by atoms with Gasteiger partial charge in [0.05, 0.1) is 7.11 Å². The fraction of sp³-hybridized carbons (Fsp3) is 0.286. The summed E-state index contributed by atoms with van der Waals surface area (Å²) in [5, 5.41) is 0. The largest absolute Gasteiger partial charge is 0.497 e. The van der Waals surface area contributed by atoms with E-state index in [1.54, 1.807) is 19.5 Å². The molecule has 0 bridgehead atoms. The maximum Gasteiger partial charge on any atom is 0.316 e. The molecule has 0 spiro atoms. The first-order valence-electron chi connectivity index (χ1n) is 6.18. The fourth-order valence-corrected chi connectivity index (χ4v) is 1.90. The van der Waals surface area contributed by atoms with Crippen molar-refractivity contribution < 1.29 is 4.74 Å². The van der Waals surface area contributed by atoms with Crippen molar-refractivity contribution in [1.82, 2.24) is 9.13 Å². The molecule has 0 radical (unpaired) electrons. The summed E-state index contributed by atoms with van der Waals surface area (Å²) in [6, 6.07) is 6.93. The molecule has 0 saturated carbocycles. The van der Waals surface area contributed by atoms with Gasteiger partial charge in [-0.2, -0.15) is 0 Å². The van der Waals surface area contributed by atoms with Gasteiger partial charge in [-0.25, -0.2) is 0 Å². The third-order valence-corrected chi connectivity index (χ3v) is 3.17. The summed E-state index contributed by atoms with van der Waals surface area (Å²) in [5.41, 5.74) is 5.81. The van der Waals surface area contributed by atoms with Gasteiger partial charge in [-0.15, -0.1) is 0 Å². The molecule has 106 valence electrons. The molecule has 6 heteroatoms. The monoisotopic (exact) mass is 275 g/mol. The van der Waals surface area contributed by atoms with Crippen LogP contribution in [-0.2, 0) is 13.6 Å². The van der Waals surface area contributed by atoms with Gasteiger partial charge < -0.3 is 19.6 Å². The van der Waals surface area contributed by atoms with Gasteiger partial charge in [0.2, 0.25) is 0 Å². The number of aryl methyl sites for hydroxylation is 1. The van der Waals surface area contributed by atoms with Gasteiger partial charge in [0, 0.05) is 32.0 Å². The molecule has 1 atom stereocenters. The summed E-state index contributed by atoms with van der Waals surface area (Å²) < 4.78 is 7.65. The number of benzene rings is 1. The molecule has 2 aromatic rings. The van der Waals surface area contributed by atoms with Crippen molar-refractivity contribution in [3.05, 3.63) is 62.9 Å². The number of aromatic nitrogens is 2. The van der Waals surface area contributed by atoms with E-state index in [4.69, 9.17) is 10.5 Å². The lowest BCUT2D eigenvalue weighted by atomic mass is 10.1. The zero-order chi connectivity index (χ0) is 14.7. The topological polar surface area (TPSA) is 79.2 Å². The van der Waals surface area contributed by atoms with E-state index in [1.807, 2.05) is 24.3 Å². The molecule has 0 saturated heterocycles. The highest BCUT2D eigenvalue weighted by Crippen LogP contribution is 2.16. The zero-order valence-corrected chi connectivity index (χ0v) is 11.4. The Bertz CT molecular complexity index is 701. The molecule has 20 heavy (non-hydrogen) atoms. The Kier molecular flexibility index (Phi) is 4.05. The van der Waals surface area contributed by atoms with Gasteiger partial charge in [0.15, 0.2) is 0 Å². The lowest BCUT2D eigenvalue weighted by Crippen LogP contribution is -2.40. The standard InChI is InChI=1S/C14H17N3O3/c1-16-7-8-17(14(19)13(16)18)9-12(15)10-3-5-11(20-2)6-4-10/h3-8,12H,9,15H2,1-2H3. The Morgan fingerprint density at radius 2 is 1.80 bits per heavy atom. The fourth-order valence-electron chi connectivity index (χ4n) is 1.90. The van der Waals surface area contributed by atoms with Crippen LogP contribution < -0.4 is 21.6 Å². The van der Waals surface area contributed by atoms with Crippen LogP contribution in [0.2, 0.25) is 0 Å². The second-order valence-electron chi connectivity index (χ2n) is 4.55. The Morgan fingerprint density at radius 1 is 1.15 bits per heavy atom. The smallest absolute Gasteiger partial charge is 0.316 e. The van der Waals surface area contributed by atoms with Crippen LogP contribution in [-0.4, -0.2) is 16.2 Å². The minimum atomic E-state index is -0.570. The second-order valence-corrected chi connectivity index (χ2v) is 4.55. The van der Waals surface area contributed by atoms with Gasteiger partial charge in [0.25, 0.3) is 0 Å². The van der Waals surface area contributed by atoms with Crippen LogP contribution >= 0.6 is 0 Å². The molecule has 0 aliphatic carbocycles. The van der Waals surface area contributed by atoms with Gasteiger partial charge in [-0.05, 0) is 17.7 Å². The highest BCUT2D eigenvalue weighted by molar-refractivity contribution is 5.28. The summed E-state index contributed by atoms with van der Waals surface area (Å²) in [4.78, 5) is 23.4. The second kappa shape index (κ2) is 5.75. The number of rotatable bonds is 4. The molecule has 0 fully saturated rings. The van der Waals surface area contributed by atoms with Crippen molar-refractivity contribution in [1.29, 1.82) is 0 Å². The molecular weight excluding hydrogens is 258 g/mol.